The lowest BCUT2D eigenvalue weighted by atomic mass is 10.2. The number of hydrogen-bond acceptors (Lipinski definition) is 4. The zero-order chi connectivity index (χ0) is 14.5. The molecule has 0 saturated heterocycles. The molecule has 2 aromatic rings. The Balaban J connectivity index is 1.77. The summed E-state index contributed by atoms with van der Waals surface area (Å²) >= 11 is 1.76. The molecule has 0 fully saturated rings. The summed E-state index contributed by atoms with van der Waals surface area (Å²) in [5.74, 6) is 0.935. The van der Waals surface area contributed by atoms with Gasteiger partial charge in [-0.3, -0.25) is 0 Å². The standard InChI is InChI=1S/C16H22N2OS/c1-11-6-5-7-15(10-11)19-9-8-17-12(2)16-13(3)18-14(4)20-16/h5-7,10,12,17H,8-9H2,1-4H3. The molecule has 1 atom stereocenters. The van der Waals surface area contributed by atoms with E-state index in [2.05, 4.69) is 50.1 Å². The van der Waals surface area contributed by atoms with Gasteiger partial charge in [0, 0.05) is 17.5 Å². The van der Waals surface area contributed by atoms with Crippen LogP contribution in [0.15, 0.2) is 24.3 Å². The van der Waals surface area contributed by atoms with Gasteiger partial charge in [0.2, 0.25) is 0 Å². The molecule has 0 saturated carbocycles. The summed E-state index contributed by atoms with van der Waals surface area (Å²) in [6, 6.07) is 8.46. The normalized spacial score (nSPS) is 12.4. The summed E-state index contributed by atoms with van der Waals surface area (Å²) < 4.78 is 5.73. The van der Waals surface area contributed by atoms with Crippen LogP contribution in [0.5, 0.6) is 5.75 Å². The van der Waals surface area contributed by atoms with Crippen LogP contribution in [0.25, 0.3) is 0 Å². The van der Waals surface area contributed by atoms with E-state index in [9.17, 15) is 0 Å². The topological polar surface area (TPSA) is 34.1 Å². The molecule has 20 heavy (non-hydrogen) atoms. The number of nitrogens with zero attached hydrogens (tertiary/aromatic N) is 1. The van der Waals surface area contributed by atoms with Crippen LogP contribution in [0, 0.1) is 20.8 Å². The van der Waals surface area contributed by atoms with Crippen LogP contribution in [-0.4, -0.2) is 18.1 Å². The lowest BCUT2D eigenvalue weighted by Crippen LogP contribution is -2.24. The molecular weight excluding hydrogens is 268 g/mol. The van der Waals surface area contributed by atoms with Crippen molar-refractivity contribution < 1.29 is 4.74 Å². The molecule has 0 bridgehead atoms. The molecule has 1 aromatic carbocycles. The molecule has 3 nitrogen and oxygen atoms in total. The largest absolute Gasteiger partial charge is 0.492 e. The van der Waals surface area contributed by atoms with Gasteiger partial charge in [0.15, 0.2) is 0 Å². The van der Waals surface area contributed by atoms with Crippen molar-refractivity contribution in [2.75, 3.05) is 13.2 Å². The number of aromatic nitrogens is 1. The number of aryl methyl sites for hydroxylation is 3. The van der Waals surface area contributed by atoms with Gasteiger partial charge in [-0.05, 0) is 45.4 Å². The third-order valence-corrected chi connectivity index (χ3v) is 4.40. The molecule has 0 aliphatic heterocycles. The minimum Gasteiger partial charge on any atom is -0.492 e. The SMILES string of the molecule is Cc1cccc(OCCNC(C)c2sc(C)nc2C)c1. The van der Waals surface area contributed by atoms with Crippen LogP contribution < -0.4 is 10.1 Å². The molecule has 0 spiro atoms. The van der Waals surface area contributed by atoms with E-state index in [1.54, 1.807) is 11.3 Å². The zero-order valence-electron chi connectivity index (χ0n) is 12.6. The Hall–Kier alpha value is -1.39. The Morgan fingerprint density at radius 2 is 2.10 bits per heavy atom. The molecule has 0 radical (unpaired) electrons. The minimum absolute atomic E-state index is 0.322. The van der Waals surface area contributed by atoms with Gasteiger partial charge in [-0.25, -0.2) is 4.98 Å². The van der Waals surface area contributed by atoms with Gasteiger partial charge in [-0.2, -0.15) is 0 Å². The number of hydrogen-bond donors (Lipinski definition) is 1. The fraction of sp³-hybridized carbons (Fsp3) is 0.438. The second-order valence-corrected chi connectivity index (χ2v) is 6.26. The molecule has 1 N–H and O–H groups in total. The van der Waals surface area contributed by atoms with Crippen LogP contribution in [0.3, 0.4) is 0 Å². The van der Waals surface area contributed by atoms with Crippen LogP contribution in [0.2, 0.25) is 0 Å². The third-order valence-electron chi connectivity index (χ3n) is 3.14. The van der Waals surface area contributed by atoms with Crippen molar-refractivity contribution in [3.63, 3.8) is 0 Å². The first kappa shape index (κ1) is 15.0. The van der Waals surface area contributed by atoms with Crippen molar-refractivity contribution in [2.45, 2.75) is 33.7 Å². The number of benzene rings is 1. The number of ether oxygens (including phenoxy) is 1. The number of rotatable bonds is 6. The van der Waals surface area contributed by atoms with Gasteiger partial charge >= 0.3 is 0 Å². The smallest absolute Gasteiger partial charge is 0.119 e. The summed E-state index contributed by atoms with van der Waals surface area (Å²) in [5, 5.41) is 4.61. The maximum atomic E-state index is 5.73. The number of nitrogens with one attached hydrogen (secondary N) is 1. The zero-order valence-corrected chi connectivity index (χ0v) is 13.4. The van der Waals surface area contributed by atoms with E-state index in [0.717, 1.165) is 23.0 Å². The van der Waals surface area contributed by atoms with E-state index in [0.29, 0.717) is 12.6 Å². The van der Waals surface area contributed by atoms with Crippen LogP contribution >= 0.6 is 11.3 Å². The van der Waals surface area contributed by atoms with Gasteiger partial charge in [0.1, 0.15) is 12.4 Å². The van der Waals surface area contributed by atoms with Gasteiger partial charge in [-0.1, -0.05) is 12.1 Å². The van der Waals surface area contributed by atoms with Gasteiger partial charge in [0.05, 0.1) is 10.7 Å². The Labute approximate surface area is 125 Å². The van der Waals surface area contributed by atoms with Crippen LogP contribution in [0.4, 0.5) is 0 Å². The Morgan fingerprint density at radius 1 is 1.30 bits per heavy atom. The van der Waals surface area contributed by atoms with Crippen molar-refractivity contribution >= 4 is 11.3 Å². The Kier molecular flexibility index (Phi) is 5.15. The maximum Gasteiger partial charge on any atom is 0.119 e. The summed E-state index contributed by atoms with van der Waals surface area (Å²) in [6.07, 6.45) is 0. The molecule has 0 aliphatic rings. The fourth-order valence-electron chi connectivity index (χ4n) is 2.19. The average Bonchev–Trinajstić information content (AvgIpc) is 2.74. The molecule has 0 amide bonds. The van der Waals surface area contributed by atoms with Crippen LogP contribution in [0.1, 0.15) is 34.1 Å². The average molecular weight is 290 g/mol. The molecule has 1 aromatic heterocycles. The molecular formula is C16H22N2OS. The van der Waals surface area contributed by atoms with E-state index in [1.165, 1.54) is 10.4 Å². The summed E-state index contributed by atoms with van der Waals surface area (Å²) in [5.41, 5.74) is 2.35. The predicted molar refractivity (Wildman–Crippen MR) is 84.7 cm³/mol. The first-order valence-electron chi connectivity index (χ1n) is 6.93. The van der Waals surface area contributed by atoms with Gasteiger partial charge < -0.3 is 10.1 Å². The molecule has 1 heterocycles. The van der Waals surface area contributed by atoms with Gasteiger partial charge in [-0.15, -0.1) is 11.3 Å². The first-order valence-corrected chi connectivity index (χ1v) is 7.74. The highest BCUT2D eigenvalue weighted by atomic mass is 32.1. The quantitative estimate of drug-likeness (QED) is 0.822. The molecule has 108 valence electrons. The summed E-state index contributed by atoms with van der Waals surface area (Å²) in [4.78, 5) is 5.78. The van der Waals surface area contributed by atoms with E-state index >= 15 is 0 Å². The lowest BCUT2D eigenvalue weighted by Gasteiger charge is -2.13. The molecule has 1 unspecified atom stereocenters. The van der Waals surface area contributed by atoms with E-state index in [1.807, 2.05) is 12.1 Å². The maximum absolute atomic E-state index is 5.73. The molecule has 4 heteroatoms. The summed E-state index contributed by atoms with van der Waals surface area (Å²) in [7, 11) is 0. The monoisotopic (exact) mass is 290 g/mol. The summed E-state index contributed by atoms with van der Waals surface area (Å²) in [6.45, 7) is 9.86. The minimum atomic E-state index is 0.322. The highest BCUT2D eigenvalue weighted by Gasteiger charge is 2.11. The third kappa shape index (κ3) is 4.05. The predicted octanol–water partition coefficient (Wildman–Crippen LogP) is 3.80. The second kappa shape index (κ2) is 6.86. The van der Waals surface area contributed by atoms with Crippen molar-refractivity contribution in [1.29, 1.82) is 0 Å². The second-order valence-electron chi connectivity index (χ2n) is 5.02. The highest BCUT2D eigenvalue weighted by molar-refractivity contribution is 7.11. The van der Waals surface area contributed by atoms with E-state index in [4.69, 9.17) is 4.74 Å². The first-order chi connectivity index (χ1) is 9.56. The van der Waals surface area contributed by atoms with Crippen molar-refractivity contribution in [2.24, 2.45) is 0 Å². The van der Waals surface area contributed by atoms with Crippen LogP contribution in [-0.2, 0) is 0 Å². The molecule has 2 rings (SSSR count). The van der Waals surface area contributed by atoms with Crippen molar-refractivity contribution in [3.8, 4) is 5.75 Å². The lowest BCUT2D eigenvalue weighted by molar-refractivity contribution is 0.307. The Morgan fingerprint density at radius 3 is 2.75 bits per heavy atom. The van der Waals surface area contributed by atoms with E-state index < -0.39 is 0 Å². The number of thiazole rings is 1. The van der Waals surface area contributed by atoms with Gasteiger partial charge in [0.25, 0.3) is 0 Å². The molecule has 0 aliphatic carbocycles. The van der Waals surface area contributed by atoms with E-state index in [-0.39, 0.29) is 0 Å². The fourth-order valence-corrected chi connectivity index (χ4v) is 3.15. The Bertz CT molecular complexity index is 565. The highest BCUT2D eigenvalue weighted by Crippen LogP contribution is 2.24. The van der Waals surface area contributed by atoms with Crippen molar-refractivity contribution in [3.05, 3.63) is 45.4 Å². The van der Waals surface area contributed by atoms with Crippen molar-refractivity contribution in [1.82, 2.24) is 10.3 Å².